The van der Waals surface area contributed by atoms with E-state index in [0.717, 1.165) is 11.9 Å². The van der Waals surface area contributed by atoms with Crippen molar-refractivity contribution in [1.29, 1.82) is 0 Å². The summed E-state index contributed by atoms with van der Waals surface area (Å²) in [5.41, 5.74) is 4.47. The standard InChI is InChI=1S/C25H27N3O2/c1-25(2,3)27-23(29)18-8-10-19(11-9-18)24(30)28-14-12-17(13-15-28)21-16-26-22-7-5-4-6-20(21)22/h4-12,16,26H,13-15H2,1-3H3,(H,27,29). The van der Waals surface area contributed by atoms with Crippen molar-refractivity contribution < 1.29 is 9.59 Å². The summed E-state index contributed by atoms with van der Waals surface area (Å²) in [5.74, 6) is -0.141. The summed E-state index contributed by atoms with van der Waals surface area (Å²) in [6, 6.07) is 15.2. The molecule has 0 bridgehead atoms. The minimum atomic E-state index is -0.297. The van der Waals surface area contributed by atoms with Gasteiger partial charge in [-0.05, 0) is 63.1 Å². The van der Waals surface area contributed by atoms with Crippen molar-refractivity contribution >= 4 is 28.3 Å². The highest BCUT2D eigenvalue weighted by atomic mass is 16.2. The molecule has 4 rings (SSSR count). The molecule has 1 aromatic heterocycles. The van der Waals surface area contributed by atoms with E-state index in [0.29, 0.717) is 24.2 Å². The maximum Gasteiger partial charge on any atom is 0.254 e. The molecule has 0 saturated carbocycles. The van der Waals surface area contributed by atoms with Crippen LogP contribution in [-0.2, 0) is 0 Å². The quantitative estimate of drug-likeness (QED) is 0.672. The zero-order chi connectivity index (χ0) is 21.3. The van der Waals surface area contributed by atoms with Crippen LogP contribution in [0.3, 0.4) is 0 Å². The Balaban J connectivity index is 1.44. The molecule has 2 heterocycles. The molecule has 0 unspecified atom stereocenters. The number of amides is 2. The third-order valence-electron chi connectivity index (χ3n) is 5.31. The molecule has 0 atom stereocenters. The third kappa shape index (κ3) is 4.15. The number of nitrogens with zero attached hydrogens (tertiary/aromatic N) is 1. The minimum Gasteiger partial charge on any atom is -0.361 e. The van der Waals surface area contributed by atoms with Crippen molar-refractivity contribution in [3.63, 3.8) is 0 Å². The number of H-pyrrole nitrogens is 1. The van der Waals surface area contributed by atoms with Crippen molar-refractivity contribution in [3.8, 4) is 0 Å². The highest BCUT2D eigenvalue weighted by molar-refractivity contribution is 5.98. The summed E-state index contributed by atoms with van der Waals surface area (Å²) in [6.45, 7) is 7.09. The summed E-state index contributed by atoms with van der Waals surface area (Å²) < 4.78 is 0. The van der Waals surface area contributed by atoms with E-state index in [1.165, 1.54) is 16.5 Å². The number of carbonyl (C=O) groups is 2. The molecule has 1 aliphatic heterocycles. The largest absolute Gasteiger partial charge is 0.361 e. The number of fused-ring (bicyclic) bond motifs is 1. The van der Waals surface area contributed by atoms with Gasteiger partial charge in [-0.2, -0.15) is 0 Å². The lowest BCUT2D eigenvalue weighted by atomic mass is 9.98. The second kappa shape index (κ2) is 7.82. The molecule has 5 heteroatoms. The Hall–Kier alpha value is -3.34. The van der Waals surface area contributed by atoms with Crippen LogP contribution in [0.5, 0.6) is 0 Å². The Labute approximate surface area is 176 Å². The summed E-state index contributed by atoms with van der Waals surface area (Å²) >= 11 is 0. The fourth-order valence-corrected chi connectivity index (χ4v) is 3.79. The molecule has 0 spiro atoms. The van der Waals surface area contributed by atoms with Crippen molar-refractivity contribution in [3.05, 3.63) is 77.5 Å². The van der Waals surface area contributed by atoms with Crippen LogP contribution >= 0.6 is 0 Å². The Morgan fingerprint density at radius 3 is 2.37 bits per heavy atom. The Bertz CT molecular complexity index is 1120. The van der Waals surface area contributed by atoms with E-state index in [2.05, 4.69) is 34.7 Å². The van der Waals surface area contributed by atoms with Crippen LogP contribution in [0.4, 0.5) is 0 Å². The SMILES string of the molecule is CC(C)(C)NC(=O)c1ccc(C(=O)N2CC=C(c3c[nH]c4ccccc34)CC2)cc1. The van der Waals surface area contributed by atoms with E-state index in [4.69, 9.17) is 0 Å². The van der Waals surface area contributed by atoms with E-state index in [1.807, 2.05) is 37.8 Å². The number of aromatic amines is 1. The normalized spacial score (nSPS) is 14.5. The maximum atomic E-state index is 12.9. The fraction of sp³-hybridized carbons (Fsp3) is 0.280. The van der Waals surface area contributed by atoms with Crippen LogP contribution in [0, 0.1) is 0 Å². The summed E-state index contributed by atoms with van der Waals surface area (Å²) in [5, 5.41) is 4.15. The van der Waals surface area contributed by atoms with Crippen LogP contribution in [-0.4, -0.2) is 40.3 Å². The van der Waals surface area contributed by atoms with Gasteiger partial charge in [-0.15, -0.1) is 0 Å². The van der Waals surface area contributed by atoms with E-state index in [9.17, 15) is 9.59 Å². The van der Waals surface area contributed by atoms with E-state index < -0.39 is 0 Å². The molecule has 30 heavy (non-hydrogen) atoms. The van der Waals surface area contributed by atoms with Crippen molar-refractivity contribution in [2.24, 2.45) is 0 Å². The molecule has 5 nitrogen and oxygen atoms in total. The van der Waals surface area contributed by atoms with E-state index in [-0.39, 0.29) is 17.4 Å². The Morgan fingerprint density at radius 2 is 1.70 bits per heavy atom. The van der Waals surface area contributed by atoms with Crippen LogP contribution < -0.4 is 5.32 Å². The average Bonchev–Trinajstić information content (AvgIpc) is 3.16. The summed E-state index contributed by atoms with van der Waals surface area (Å²) in [6.07, 6.45) is 5.01. The van der Waals surface area contributed by atoms with Gasteiger partial charge in [0.1, 0.15) is 0 Å². The number of nitrogens with one attached hydrogen (secondary N) is 2. The zero-order valence-corrected chi connectivity index (χ0v) is 17.7. The lowest BCUT2D eigenvalue weighted by Crippen LogP contribution is -2.40. The number of para-hydroxylation sites is 1. The second-order valence-electron chi connectivity index (χ2n) is 8.76. The molecule has 2 aromatic carbocycles. The van der Waals surface area contributed by atoms with Crippen molar-refractivity contribution in [1.82, 2.24) is 15.2 Å². The molecule has 2 amide bonds. The van der Waals surface area contributed by atoms with Gasteiger partial charge in [0.2, 0.25) is 0 Å². The summed E-state index contributed by atoms with van der Waals surface area (Å²) in [4.78, 5) is 30.3. The number of hydrogen-bond donors (Lipinski definition) is 2. The molecular formula is C25H27N3O2. The molecule has 0 fully saturated rings. The molecule has 0 radical (unpaired) electrons. The number of aromatic nitrogens is 1. The molecule has 1 aliphatic rings. The number of benzene rings is 2. The zero-order valence-electron chi connectivity index (χ0n) is 17.7. The first-order valence-electron chi connectivity index (χ1n) is 10.3. The number of rotatable bonds is 3. The van der Waals surface area contributed by atoms with Crippen molar-refractivity contribution in [2.45, 2.75) is 32.7 Å². The van der Waals surface area contributed by atoms with E-state index >= 15 is 0 Å². The van der Waals surface area contributed by atoms with Gasteiger partial charge in [-0.3, -0.25) is 9.59 Å². The monoisotopic (exact) mass is 401 g/mol. The predicted octanol–water partition coefficient (Wildman–Crippen LogP) is 4.63. The molecule has 0 aliphatic carbocycles. The van der Waals surface area contributed by atoms with Gasteiger partial charge in [0.15, 0.2) is 0 Å². The molecule has 0 saturated heterocycles. The lowest BCUT2D eigenvalue weighted by Gasteiger charge is -2.26. The lowest BCUT2D eigenvalue weighted by molar-refractivity contribution is 0.0772. The first-order valence-corrected chi connectivity index (χ1v) is 10.3. The van der Waals surface area contributed by atoms with Crippen LogP contribution in [0.2, 0.25) is 0 Å². The number of carbonyl (C=O) groups excluding carboxylic acids is 2. The van der Waals surface area contributed by atoms with Gasteiger partial charge in [-0.1, -0.05) is 24.3 Å². The van der Waals surface area contributed by atoms with Crippen LogP contribution in [0.25, 0.3) is 16.5 Å². The predicted molar refractivity (Wildman–Crippen MR) is 120 cm³/mol. The van der Waals surface area contributed by atoms with Gasteiger partial charge in [0.05, 0.1) is 0 Å². The fourth-order valence-electron chi connectivity index (χ4n) is 3.79. The van der Waals surface area contributed by atoms with Gasteiger partial charge < -0.3 is 15.2 Å². The smallest absolute Gasteiger partial charge is 0.254 e. The van der Waals surface area contributed by atoms with Crippen molar-refractivity contribution in [2.75, 3.05) is 13.1 Å². The van der Waals surface area contributed by atoms with Gasteiger partial charge in [-0.25, -0.2) is 0 Å². The maximum absolute atomic E-state index is 12.9. The highest BCUT2D eigenvalue weighted by Gasteiger charge is 2.21. The second-order valence-corrected chi connectivity index (χ2v) is 8.76. The summed E-state index contributed by atoms with van der Waals surface area (Å²) in [7, 11) is 0. The first kappa shape index (κ1) is 20.0. The van der Waals surface area contributed by atoms with Gasteiger partial charge in [0, 0.05) is 52.4 Å². The molecule has 154 valence electrons. The van der Waals surface area contributed by atoms with E-state index in [1.54, 1.807) is 24.3 Å². The Morgan fingerprint density at radius 1 is 1.00 bits per heavy atom. The number of hydrogen-bond acceptors (Lipinski definition) is 2. The molecule has 3 aromatic rings. The third-order valence-corrected chi connectivity index (χ3v) is 5.31. The van der Waals surface area contributed by atoms with Gasteiger partial charge >= 0.3 is 0 Å². The topological polar surface area (TPSA) is 65.2 Å². The van der Waals surface area contributed by atoms with Crippen LogP contribution in [0.15, 0.2) is 60.8 Å². The van der Waals surface area contributed by atoms with Crippen LogP contribution in [0.1, 0.15) is 53.5 Å². The molecular weight excluding hydrogens is 374 g/mol. The average molecular weight is 402 g/mol. The first-order chi connectivity index (χ1) is 14.3. The Kier molecular flexibility index (Phi) is 5.20. The molecule has 2 N–H and O–H groups in total. The van der Waals surface area contributed by atoms with Gasteiger partial charge in [0.25, 0.3) is 11.8 Å². The minimum absolute atomic E-state index is 0.00740. The highest BCUT2D eigenvalue weighted by Crippen LogP contribution is 2.29.